The first-order valence-electron chi connectivity index (χ1n) is 6.69. The van der Waals surface area contributed by atoms with E-state index < -0.39 is 0 Å². The second kappa shape index (κ2) is 7.56. The SMILES string of the molecule is CCNC(=O)CNc1ncnc(NCC)c1C(C)C. The van der Waals surface area contributed by atoms with Gasteiger partial charge < -0.3 is 16.0 Å². The van der Waals surface area contributed by atoms with Crippen LogP contribution < -0.4 is 16.0 Å². The Hall–Kier alpha value is -1.85. The quantitative estimate of drug-likeness (QED) is 0.697. The number of nitrogens with zero attached hydrogens (tertiary/aromatic N) is 2. The molecule has 0 aliphatic heterocycles. The Morgan fingerprint density at radius 1 is 1.16 bits per heavy atom. The number of nitrogens with one attached hydrogen (secondary N) is 3. The number of hydrogen-bond donors (Lipinski definition) is 3. The van der Waals surface area contributed by atoms with Crippen molar-refractivity contribution in [1.29, 1.82) is 0 Å². The number of carbonyl (C=O) groups excluding carboxylic acids is 1. The average molecular weight is 265 g/mol. The maximum Gasteiger partial charge on any atom is 0.239 e. The number of anilines is 2. The molecule has 0 fully saturated rings. The van der Waals surface area contributed by atoms with E-state index in [-0.39, 0.29) is 18.4 Å². The van der Waals surface area contributed by atoms with Gasteiger partial charge in [-0.05, 0) is 19.8 Å². The normalized spacial score (nSPS) is 10.4. The molecule has 0 spiro atoms. The van der Waals surface area contributed by atoms with Crippen molar-refractivity contribution < 1.29 is 4.79 Å². The molecule has 1 rings (SSSR count). The van der Waals surface area contributed by atoms with E-state index in [0.717, 1.165) is 17.9 Å². The van der Waals surface area contributed by atoms with Crippen molar-refractivity contribution in [3.8, 4) is 0 Å². The maximum absolute atomic E-state index is 11.5. The van der Waals surface area contributed by atoms with Crippen molar-refractivity contribution in [2.45, 2.75) is 33.6 Å². The predicted octanol–water partition coefficient (Wildman–Crippen LogP) is 1.58. The Bertz CT molecular complexity index is 419. The third-order valence-electron chi connectivity index (χ3n) is 2.60. The molecule has 1 heterocycles. The highest BCUT2D eigenvalue weighted by atomic mass is 16.1. The van der Waals surface area contributed by atoms with Gasteiger partial charge in [-0.3, -0.25) is 4.79 Å². The lowest BCUT2D eigenvalue weighted by molar-refractivity contribution is -0.119. The zero-order valence-corrected chi connectivity index (χ0v) is 12.1. The zero-order chi connectivity index (χ0) is 14.3. The Labute approximate surface area is 114 Å². The van der Waals surface area contributed by atoms with E-state index in [0.29, 0.717) is 12.4 Å². The van der Waals surface area contributed by atoms with Gasteiger partial charge in [0.1, 0.15) is 18.0 Å². The van der Waals surface area contributed by atoms with Crippen LogP contribution in [0.3, 0.4) is 0 Å². The average Bonchev–Trinajstić information content (AvgIpc) is 2.37. The fourth-order valence-electron chi connectivity index (χ4n) is 1.82. The summed E-state index contributed by atoms with van der Waals surface area (Å²) in [6.45, 7) is 9.72. The summed E-state index contributed by atoms with van der Waals surface area (Å²) >= 11 is 0. The highest BCUT2D eigenvalue weighted by Gasteiger charge is 2.14. The van der Waals surface area contributed by atoms with Crippen LogP contribution in [0.1, 0.15) is 39.2 Å². The van der Waals surface area contributed by atoms with Crippen LogP contribution in [0.25, 0.3) is 0 Å². The van der Waals surface area contributed by atoms with Gasteiger partial charge in [0, 0.05) is 18.7 Å². The summed E-state index contributed by atoms with van der Waals surface area (Å²) in [7, 11) is 0. The molecule has 1 amide bonds. The summed E-state index contributed by atoms with van der Waals surface area (Å²) in [6.07, 6.45) is 1.50. The third-order valence-corrected chi connectivity index (χ3v) is 2.60. The van der Waals surface area contributed by atoms with Crippen molar-refractivity contribution in [3.05, 3.63) is 11.9 Å². The first-order chi connectivity index (χ1) is 9.10. The lowest BCUT2D eigenvalue weighted by atomic mass is 10.0. The molecule has 0 aliphatic rings. The predicted molar refractivity (Wildman–Crippen MR) is 77.5 cm³/mol. The van der Waals surface area contributed by atoms with E-state index >= 15 is 0 Å². The van der Waals surface area contributed by atoms with Gasteiger partial charge in [-0.2, -0.15) is 0 Å². The Morgan fingerprint density at radius 2 is 1.79 bits per heavy atom. The molecule has 1 aromatic heterocycles. The first-order valence-corrected chi connectivity index (χ1v) is 6.69. The molecule has 6 heteroatoms. The molecule has 3 N–H and O–H groups in total. The standard InChI is InChI=1S/C13H23N5O/c1-5-14-10(19)7-16-13-11(9(3)4)12(15-6-2)17-8-18-13/h8-9H,5-7H2,1-4H3,(H,14,19)(H2,15,16,17,18). The van der Waals surface area contributed by atoms with E-state index in [4.69, 9.17) is 0 Å². The van der Waals surface area contributed by atoms with Crippen LogP contribution in [0.2, 0.25) is 0 Å². The molecule has 0 bridgehead atoms. The van der Waals surface area contributed by atoms with Crippen molar-refractivity contribution in [2.24, 2.45) is 0 Å². The molecule has 0 saturated heterocycles. The van der Waals surface area contributed by atoms with E-state index in [1.54, 1.807) is 0 Å². The number of amides is 1. The van der Waals surface area contributed by atoms with Gasteiger partial charge in [-0.1, -0.05) is 13.8 Å². The summed E-state index contributed by atoms with van der Waals surface area (Å²) in [5.74, 6) is 1.77. The molecule has 0 saturated carbocycles. The summed E-state index contributed by atoms with van der Waals surface area (Å²) < 4.78 is 0. The van der Waals surface area contributed by atoms with Gasteiger partial charge in [0.2, 0.25) is 5.91 Å². The van der Waals surface area contributed by atoms with Crippen LogP contribution in [0.15, 0.2) is 6.33 Å². The van der Waals surface area contributed by atoms with Crippen LogP contribution >= 0.6 is 0 Å². The van der Waals surface area contributed by atoms with Crippen LogP contribution in [-0.4, -0.2) is 35.5 Å². The maximum atomic E-state index is 11.5. The molecule has 106 valence electrons. The minimum absolute atomic E-state index is 0.0409. The second-order valence-corrected chi connectivity index (χ2v) is 4.48. The van der Waals surface area contributed by atoms with E-state index in [2.05, 4.69) is 39.8 Å². The van der Waals surface area contributed by atoms with Gasteiger partial charge in [0.05, 0.1) is 6.54 Å². The molecule has 0 unspecified atom stereocenters. The fraction of sp³-hybridized carbons (Fsp3) is 0.615. The lowest BCUT2D eigenvalue weighted by Crippen LogP contribution is -2.30. The molecular weight excluding hydrogens is 242 g/mol. The smallest absolute Gasteiger partial charge is 0.239 e. The minimum Gasteiger partial charge on any atom is -0.370 e. The Kier molecular flexibility index (Phi) is 6.05. The van der Waals surface area contributed by atoms with Gasteiger partial charge in [0.15, 0.2) is 0 Å². The summed E-state index contributed by atoms with van der Waals surface area (Å²) in [4.78, 5) is 20.0. The molecule has 0 atom stereocenters. The molecule has 19 heavy (non-hydrogen) atoms. The summed E-state index contributed by atoms with van der Waals surface area (Å²) in [5, 5.41) is 9.04. The molecular formula is C13H23N5O. The van der Waals surface area contributed by atoms with Gasteiger partial charge in [-0.15, -0.1) is 0 Å². The van der Waals surface area contributed by atoms with E-state index in [1.165, 1.54) is 6.33 Å². The molecule has 0 aliphatic carbocycles. The van der Waals surface area contributed by atoms with Crippen molar-refractivity contribution in [3.63, 3.8) is 0 Å². The molecule has 6 nitrogen and oxygen atoms in total. The van der Waals surface area contributed by atoms with Crippen LogP contribution in [-0.2, 0) is 4.79 Å². The zero-order valence-electron chi connectivity index (χ0n) is 12.1. The number of likely N-dealkylation sites (N-methyl/N-ethyl adjacent to an activating group) is 1. The monoisotopic (exact) mass is 265 g/mol. The van der Waals surface area contributed by atoms with Gasteiger partial charge in [0.25, 0.3) is 0 Å². The van der Waals surface area contributed by atoms with Crippen molar-refractivity contribution >= 4 is 17.5 Å². The van der Waals surface area contributed by atoms with Crippen LogP contribution in [0, 0.1) is 0 Å². The largest absolute Gasteiger partial charge is 0.370 e. The highest BCUT2D eigenvalue weighted by molar-refractivity contribution is 5.80. The number of rotatable bonds is 7. The topological polar surface area (TPSA) is 78.9 Å². The van der Waals surface area contributed by atoms with Crippen molar-refractivity contribution in [2.75, 3.05) is 30.3 Å². The van der Waals surface area contributed by atoms with Crippen molar-refractivity contribution in [1.82, 2.24) is 15.3 Å². The van der Waals surface area contributed by atoms with E-state index in [9.17, 15) is 4.79 Å². The summed E-state index contributed by atoms with van der Waals surface area (Å²) in [5.41, 5.74) is 1.01. The van der Waals surface area contributed by atoms with Crippen LogP contribution in [0.5, 0.6) is 0 Å². The van der Waals surface area contributed by atoms with Gasteiger partial charge in [-0.25, -0.2) is 9.97 Å². The molecule has 0 radical (unpaired) electrons. The third kappa shape index (κ3) is 4.39. The number of aromatic nitrogens is 2. The Morgan fingerprint density at radius 3 is 2.32 bits per heavy atom. The van der Waals surface area contributed by atoms with Gasteiger partial charge >= 0.3 is 0 Å². The first kappa shape index (κ1) is 15.2. The number of carbonyl (C=O) groups is 1. The summed E-state index contributed by atoms with van der Waals surface area (Å²) in [6, 6.07) is 0. The number of hydrogen-bond acceptors (Lipinski definition) is 5. The second-order valence-electron chi connectivity index (χ2n) is 4.48. The molecule has 0 aromatic carbocycles. The molecule has 1 aromatic rings. The highest BCUT2D eigenvalue weighted by Crippen LogP contribution is 2.27. The fourth-order valence-corrected chi connectivity index (χ4v) is 1.82. The van der Waals surface area contributed by atoms with Crippen LogP contribution in [0.4, 0.5) is 11.6 Å². The minimum atomic E-state index is -0.0409. The Balaban J connectivity index is 2.87. The van der Waals surface area contributed by atoms with E-state index in [1.807, 2.05) is 13.8 Å². The lowest BCUT2D eigenvalue weighted by Gasteiger charge is -2.17.